The van der Waals surface area contributed by atoms with E-state index >= 15 is 0 Å². The second-order valence-corrected chi connectivity index (χ2v) is 8.51. The molecule has 9 nitrogen and oxygen atoms in total. The summed E-state index contributed by atoms with van der Waals surface area (Å²) in [7, 11) is 0. The first-order valence-corrected chi connectivity index (χ1v) is 11.3. The van der Waals surface area contributed by atoms with Crippen molar-refractivity contribution in [1.29, 1.82) is 0 Å². The largest absolute Gasteiger partial charge is 0.480 e. The van der Waals surface area contributed by atoms with Crippen LogP contribution in [0.15, 0.2) is 24.3 Å². The number of rotatable bonds is 11. The SMILES string of the molecule is O=C(O)CN1C(=O)[C@H](N[C@@H](COCCCC2CCNCC2)C(=O)O)CCc2ccccc21. The molecule has 2 aliphatic heterocycles. The summed E-state index contributed by atoms with van der Waals surface area (Å²) in [5.41, 5.74) is 1.43. The Labute approximate surface area is 188 Å². The van der Waals surface area contributed by atoms with Gasteiger partial charge in [-0.05, 0) is 69.2 Å². The van der Waals surface area contributed by atoms with E-state index in [0.29, 0.717) is 31.1 Å². The van der Waals surface area contributed by atoms with Crippen LogP contribution < -0.4 is 15.5 Å². The molecule has 0 radical (unpaired) electrons. The molecule has 176 valence electrons. The van der Waals surface area contributed by atoms with E-state index in [1.54, 1.807) is 12.1 Å². The molecule has 32 heavy (non-hydrogen) atoms. The van der Waals surface area contributed by atoms with Gasteiger partial charge in [-0.1, -0.05) is 18.2 Å². The molecule has 2 atom stereocenters. The van der Waals surface area contributed by atoms with E-state index in [1.807, 2.05) is 12.1 Å². The summed E-state index contributed by atoms with van der Waals surface area (Å²) in [5.74, 6) is -1.96. The van der Waals surface area contributed by atoms with Gasteiger partial charge in [0.25, 0.3) is 0 Å². The molecule has 0 unspecified atom stereocenters. The number of aliphatic carboxylic acids is 2. The fourth-order valence-corrected chi connectivity index (χ4v) is 4.45. The van der Waals surface area contributed by atoms with Crippen LogP contribution in [-0.4, -0.2) is 73.0 Å². The Kier molecular flexibility index (Phi) is 9.01. The van der Waals surface area contributed by atoms with E-state index in [1.165, 1.54) is 17.7 Å². The van der Waals surface area contributed by atoms with E-state index in [9.17, 15) is 24.6 Å². The van der Waals surface area contributed by atoms with E-state index in [0.717, 1.165) is 31.5 Å². The Morgan fingerprint density at radius 2 is 1.94 bits per heavy atom. The smallest absolute Gasteiger partial charge is 0.323 e. The van der Waals surface area contributed by atoms with Gasteiger partial charge in [0, 0.05) is 12.3 Å². The van der Waals surface area contributed by atoms with Crippen LogP contribution >= 0.6 is 0 Å². The van der Waals surface area contributed by atoms with E-state index in [4.69, 9.17) is 4.74 Å². The average molecular weight is 448 g/mol. The summed E-state index contributed by atoms with van der Waals surface area (Å²) < 4.78 is 5.63. The van der Waals surface area contributed by atoms with Crippen LogP contribution in [-0.2, 0) is 25.5 Å². The van der Waals surface area contributed by atoms with Crippen molar-refractivity contribution in [1.82, 2.24) is 10.6 Å². The van der Waals surface area contributed by atoms with Crippen LogP contribution in [0.4, 0.5) is 5.69 Å². The van der Waals surface area contributed by atoms with Crippen molar-refractivity contribution in [2.75, 3.05) is 37.7 Å². The maximum absolute atomic E-state index is 13.1. The second kappa shape index (κ2) is 11.9. The minimum Gasteiger partial charge on any atom is -0.480 e. The van der Waals surface area contributed by atoms with Gasteiger partial charge in [-0.15, -0.1) is 0 Å². The molecule has 0 aliphatic carbocycles. The van der Waals surface area contributed by atoms with Crippen molar-refractivity contribution in [2.24, 2.45) is 5.92 Å². The number of hydrogen-bond donors (Lipinski definition) is 4. The monoisotopic (exact) mass is 447 g/mol. The number of nitrogens with one attached hydrogen (secondary N) is 2. The molecule has 2 heterocycles. The molecule has 1 aromatic carbocycles. The number of aryl methyl sites for hydroxylation is 1. The maximum Gasteiger partial charge on any atom is 0.323 e. The number of para-hydroxylation sites is 1. The first kappa shape index (κ1) is 24.2. The maximum atomic E-state index is 13.1. The average Bonchev–Trinajstić information content (AvgIpc) is 2.90. The third-order valence-electron chi connectivity index (χ3n) is 6.19. The van der Waals surface area contributed by atoms with Crippen molar-refractivity contribution in [3.05, 3.63) is 29.8 Å². The molecule has 1 fully saturated rings. The normalized spacial score (nSPS) is 20.4. The van der Waals surface area contributed by atoms with Gasteiger partial charge in [-0.3, -0.25) is 24.6 Å². The van der Waals surface area contributed by atoms with Gasteiger partial charge in [-0.2, -0.15) is 0 Å². The van der Waals surface area contributed by atoms with Gasteiger partial charge in [0.05, 0.1) is 12.6 Å². The minimum atomic E-state index is -1.12. The number of carboxylic acids is 2. The molecule has 1 amide bonds. The minimum absolute atomic E-state index is 0.0444. The third kappa shape index (κ3) is 6.75. The predicted octanol–water partition coefficient (Wildman–Crippen LogP) is 1.26. The molecular formula is C23H33N3O6. The van der Waals surface area contributed by atoms with Gasteiger partial charge < -0.3 is 20.3 Å². The molecule has 0 spiro atoms. The van der Waals surface area contributed by atoms with Crippen LogP contribution in [0, 0.1) is 5.92 Å². The fourth-order valence-electron chi connectivity index (χ4n) is 4.45. The second-order valence-electron chi connectivity index (χ2n) is 8.51. The summed E-state index contributed by atoms with van der Waals surface area (Å²) in [4.78, 5) is 37.5. The van der Waals surface area contributed by atoms with Crippen LogP contribution in [0.2, 0.25) is 0 Å². The van der Waals surface area contributed by atoms with Gasteiger partial charge in [0.1, 0.15) is 12.6 Å². The Balaban J connectivity index is 1.55. The highest BCUT2D eigenvalue weighted by Crippen LogP contribution is 2.27. The standard InChI is InChI=1S/C23H33N3O6/c27-21(28)14-26-20-6-2-1-5-17(20)7-8-18(22(26)29)25-19(23(30)31)15-32-13-3-4-16-9-11-24-12-10-16/h1-2,5-6,16,18-19,24-25H,3-4,7-15H2,(H,27,28)(H,30,31)/t18-,19+/m1/s1. The van der Waals surface area contributed by atoms with Crippen LogP contribution in [0.25, 0.3) is 0 Å². The summed E-state index contributed by atoms with van der Waals surface area (Å²) >= 11 is 0. The highest BCUT2D eigenvalue weighted by Gasteiger charge is 2.34. The van der Waals surface area contributed by atoms with E-state index < -0.39 is 36.5 Å². The highest BCUT2D eigenvalue weighted by atomic mass is 16.5. The predicted molar refractivity (Wildman–Crippen MR) is 119 cm³/mol. The molecular weight excluding hydrogens is 414 g/mol. The molecule has 1 saturated heterocycles. The lowest BCUT2D eigenvalue weighted by molar-refractivity contribution is -0.142. The lowest BCUT2D eigenvalue weighted by Gasteiger charge is -2.26. The van der Waals surface area contributed by atoms with Gasteiger partial charge in [-0.25, -0.2) is 0 Å². The Hall–Kier alpha value is -2.49. The molecule has 1 aromatic rings. The number of benzene rings is 1. The zero-order chi connectivity index (χ0) is 22.9. The van der Waals surface area contributed by atoms with Gasteiger partial charge >= 0.3 is 11.9 Å². The van der Waals surface area contributed by atoms with Crippen LogP contribution in [0.5, 0.6) is 0 Å². The van der Waals surface area contributed by atoms with E-state index in [2.05, 4.69) is 10.6 Å². The van der Waals surface area contributed by atoms with Gasteiger partial charge in [0.2, 0.25) is 5.91 Å². The quantitative estimate of drug-likeness (QED) is 0.373. The van der Waals surface area contributed by atoms with Crippen molar-refractivity contribution >= 4 is 23.5 Å². The van der Waals surface area contributed by atoms with Crippen molar-refractivity contribution in [3.8, 4) is 0 Å². The first-order chi connectivity index (χ1) is 15.5. The number of piperidine rings is 1. The molecule has 2 aliphatic rings. The summed E-state index contributed by atoms with van der Waals surface area (Å²) in [6, 6.07) is 5.33. The summed E-state index contributed by atoms with van der Waals surface area (Å²) in [5, 5.41) is 25.2. The van der Waals surface area contributed by atoms with Crippen molar-refractivity contribution in [2.45, 2.75) is 50.6 Å². The van der Waals surface area contributed by atoms with Gasteiger partial charge in [0.15, 0.2) is 0 Å². The number of carboxylic acid groups (broad SMARTS) is 2. The number of anilines is 1. The van der Waals surface area contributed by atoms with Crippen LogP contribution in [0.1, 0.15) is 37.7 Å². The number of ether oxygens (including phenoxy) is 1. The summed E-state index contributed by atoms with van der Waals surface area (Å²) in [6.45, 7) is 2.06. The molecule has 0 aromatic heterocycles. The van der Waals surface area contributed by atoms with E-state index in [-0.39, 0.29) is 6.61 Å². The number of fused-ring (bicyclic) bond motifs is 1. The Bertz CT molecular complexity index is 796. The third-order valence-corrected chi connectivity index (χ3v) is 6.19. The number of carbonyl (C=O) groups is 3. The molecule has 3 rings (SSSR count). The van der Waals surface area contributed by atoms with Crippen LogP contribution in [0.3, 0.4) is 0 Å². The fraction of sp³-hybridized carbons (Fsp3) is 0.609. The Morgan fingerprint density at radius 3 is 2.66 bits per heavy atom. The van der Waals surface area contributed by atoms with Crippen molar-refractivity contribution < 1.29 is 29.3 Å². The highest BCUT2D eigenvalue weighted by molar-refractivity contribution is 6.02. The molecule has 9 heteroatoms. The number of amides is 1. The van der Waals surface area contributed by atoms with Crippen molar-refractivity contribution in [3.63, 3.8) is 0 Å². The number of nitrogens with zero attached hydrogens (tertiary/aromatic N) is 1. The molecule has 0 bridgehead atoms. The lowest BCUT2D eigenvalue weighted by Crippen LogP contribution is -2.54. The zero-order valence-electron chi connectivity index (χ0n) is 18.3. The molecule has 0 saturated carbocycles. The number of hydrogen-bond acceptors (Lipinski definition) is 6. The molecule has 4 N–H and O–H groups in total. The zero-order valence-corrected chi connectivity index (χ0v) is 18.3. The summed E-state index contributed by atoms with van der Waals surface area (Å²) in [6.07, 6.45) is 5.19. The number of carbonyl (C=O) groups excluding carboxylic acids is 1. The first-order valence-electron chi connectivity index (χ1n) is 11.3. The lowest BCUT2D eigenvalue weighted by atomic mass is 9.93. The Morgan fingerprint density at radius 1 is 1.19 bits per heavy atom. The topological polar surface area (TPSA) is 128 Å².